The molecule has 3 N–H and O–H groups in total. The van der Waals surface area contributed by atoms with Crippen molar-refractivity contribution in [2.24, 2.45) is 0 Å². The third-order valence-electron chi connectivity index (χ3n) is 9.14. The van der Waals surface area contributed by atoms with Crippen LogP contribution in [0.2, 0.25) is 0 Å². The maximum atomic E-state index is 13.3. The Morgan fingerprint density at radius 1 is 0.619 bits per heavy atom. The third kappa shape index (κ3) is 19.6. The highest BCUT2D eigenvalue weighted by Crippen LogP contribution is 2.25. The lowest BCUT2D eigenvalue weighted by molar-refractivity contribution is -0.218. The molecule has 1 fully saturated rings. The molecular formula is C36H71NO5. The summed E-state index contributed by atoms with van der Waals surface area (Å²) in [4.78, 5) is 15.0. The van der Waals surface area contributed by atoms with Gasteiger partial charge in [0.2, 0.25) is 5.91 Å². The minimum atomic E-state index is -1.11. The van der Waals surface area contributed by atoms with Crippen molar-refractivity contribution in [2.75, 3.05) is 13.2 Å². The molecule has 1 amide bonds. The Morgan fingerprint density at radius 2 is 1.00 bits per heavy atom. The van der Waals surface area contributed by atoms with Crippen LogP contribution < -0.4 is 0 Å². The van der Waals surface area contributed by atoms with Crippen LogP contribution in [0.4, 0.5) is 0 Å². The standard InChI is InChI=1S/C36H71NO5/c1-3-5-7-9-11-13-14-15-16-17-18-19-21-23-25-27-29-37(35-30-32(39)36(41)33(31-38)42-35)34(40)28-26-24-22-20-12-10-8-6-4-2/h32-33,35-36,38-39,41H,3-31H2,1-2H3/t32-,33-,35-,36+/m1/s1. The Kier molecular flexibility index (Phi) is 26.1. The second kappa shape index (κ2) is 27.8. The van der Waals surface area contributed by atoms with Gasteiger partial charge in [-0.15, -0.1) is 0 Å². The zero-order chi connectivity index (χ0) is 30.7. The number of aliphatic hydroxyl groups excluding tert-OH is 3. The molecule has 0 bridgehead atoms. The minimum Gasteiger partial charge on any atom is -0.394 e. The molecule has 0 unspecified atom stereocenters. The number of rotatable bonds is 29. The van der Waals surface area contributed by atoms with Gasteiger partial charge in [-0.25, -0.2) is 0 Å². The van der Waals surface area contributed by atoms with Crippen molar-refractivity contribution in [2.45, 2.75) is 212 Å². The number of ether oxygens (including phenoxy) is 1. The lowest BCUT2D eigenvalue weighted by Gasteiger charge is -2.41. The average Bonchev–Trinajstić information content (AvgIpc) is 2.99. The first-order valence-corrected chi connectivity index (χ1v) is 18.5. The Labute approximate surface area is 260 Å². The zero-order valence-corrected chi connectivity index (χ0v) is 27.9. The summed E-state index contributed by atoms with van der Waals surface area (Å²) < 4.78 is 5.92. The van der Waals surface area contributed by atoms with Crippen LogP contribution in [0.1, 0.15) is 187 Å². The number of hydrogen-bond donors (Lipinski definition) is 3. The van der Waals surface area contributed by atoms with Crippen molar-refractivity contribution in [3.63, 3.8) is 0 Å². The number of carbonyl (C=O) groups excluding carboxylic acids is 1. The van der Waals surface area contributed by atoms with E-state index in [1.165, 1.54) is 135 Å². The molecule has 0 aromatic heterocycles. The Morgan fingerprint density at radius 3 is 1.40 bits per heavy atom. The molecule has 0 aliphatic carbocycles. The van der Waals surface area contributed by atoms with Gasteiger partial charge in [0.25, 0.3) is 0 Å². The number of hydrogen-bond acceptors (Lipinski definition) is 5. The molecule has 0 saturated carbocycles. The highest BCUT2D eigenvalue weighted by molar-refractivity contribution is 5.76. The second-order valence-electron chi connectivity index (χ2n) is 13.1. The lowest BCUT2D eigenvalue weighted by atomic mass is 10.00. The predicted molar refractivity (Wildman–Crippen MR) is 175 cm³/mol. The van der Waals surface area contributed by atoms with E-state index in [-0.39, 0.29) is 18.9 Å². The van der Waals surface area contributed by atoms with Crippen LogP contribution in [0, 0.1) is 0 Å². The van der Waals surface area contributed by atoms with Crippen molar-refractivity contribution in [1.29, 1.82) is 0 Å². The zero-order valence-electron chi connectivity index (χ0n) is 27.9. The van der Waals surface area contributed by atoms with Gasteiger partial charge in [-0.3, -0.25) is 4.79 Å². The maximum Gasteiger partial charge on any atom is 0.224 e. The van der Waals surface area contributed by atoms with Crippen LogP contribution >= 0.6 is 0 Å². The van der Waals surface area contributed by atoms with Crippen LogP contribution in [0.25, 0.3) is 0 Å². The molecule has 1 saturated heterocycles. The van der Waals surface area contributed by atoms with E-state index in [1.807, 2.05) is 0 Å². The smallest absolute Gasteiger partial charge is 0.224 e. The molecule has 0 spiro atoms. The summed E-state index contributed by atoms with van der Waals surface area (Å²) in [5, 5.41) is 30.2. The van der Waals surface area contributed by atoms with E-state index in [1.54, 1.807) is 4.90 Å². The number of nitrogens with zero attached hydrogens (tertiary/aromatic N) is 1. The summed E-state index contributed by atoms with van der Waals surface area (Å²) >= 11 is 0. The summed E-state index contributed by atoms with van der Waals surface area (Å²) in [6.45, 7) is 4.76. The van der Waals surface area contributed by atoms with Gasteiger partial charge < -0.3 is 25.0 Å². The molecule has 0 aromatic rings. The molecule has 1 aliphatic heterocycles. The van der Waals surface area contributed by atoms with E-state index in [0.717, 1.165) is 25.7 Å². The fourth-order valence-electron chi connectivity index (χ4n) is 6.27. The molecular weight excluding hydrogens is 526 g/mol. The summed E-state index contributed by atoms with van der Waals surface area (Å²) in [5.41, 5.74) is 0. The van der Waals surface area contributed by atoms with Gasteiger partial charge in [0, 0.05) is 19.4 Å². The van der Waals surface area contributed by atoms with Gasteiger partial charge in [-0.1, -0.05) is 162 Å². The SMILES string of the molecule is CCCCCCCCCCCCCCCCCCN(C(=O)CCCCCCCCCCC)[C@H]1C[C@@H](O)[C@H](O)[C@@H](CO)O1. The Hall–Kier alpha value is -0.690. The molecule has 250 valence electrons. The maximum absolute atomic E-state index is 13.3. The minimum absolute atomic E-state index is 0.0733. The van der Waals surface area contributed by atoms with Gasteiger partial charge >= 0.3 is 0 Å². The predicted octanol–water partition coefficient (Wildman–Crippen LogP) is 8.83. The second-order valence-corrected chi connectivity index (χ2v) is 13.1. The van der Waals surface area contributed by atoms with Crippen molar-refractivity contribution >= 4 is 5.91 Å². The van der Waals surface area contributed by atoms with E-state index in [0.29, 0.717) is 13.0 Å². The topological polar surface area (TPSA) is 90.2 Å². The molecule has 1 heterocycles. The quantitative estimate of drug-likeness (QED) is 0.0750. The largest absolute Gasteiger partial charge is 0.394 e. The lowest BCUT2D eigenvalue weighted by Crippen LogP contribution is -2.56. The molecule has 4 atom stereocenters. The molecule has 6 nitrogen and oxygen atoms in total. The fourth-order valence-corrected chi connectivity index (χ4v) is 6.27. The third-order valence-corrected chi connectivity index (χ3v) is 9.14. The van der Waals surface area contributed by atoms with E-state index >= 15 is 0 Å². The summed E-state index contributed by atoms with van der Waals surface area (Å²) in [6.07, 6.45) is 29.0. The van der Waals surface area contributed by atoms with Crippen molar-refractivity contribution in [3.05, 3.63) is 0 Å². The first kappa shape index (κ1) is 39.3. The monoisotopic (exact) mass is 598 g/mol. The molecule has 1 rings (SSSR count). The number of carbonyl (C=O) groups is 1. The van der Waals surface area contributed by atoms with Crippen LogP contribution in [0.5, 0.6) is 0 Å². The van der Waals surface area contributed by atoms with E-state index < -0.39 is 24.5 Å². The number of amides is 1. The van der Waals surface area contributed by atoms with Crippen molar-refractivity contribution in [1.82, 2.24) is 4.90 Å². The van der Waals surface area contributed by atoms with Crippen LogP contribution in [-0.2, 0) is 9.53 Å². The van der Waals surface area contributed by atoms with Crippen LogP contribution in [0.3, 0.4) is 0 Å². The molecule has 0 radical (unpaired) electrons. The first-order valence-electron chi connectivity index (χ1n) is 18.5. The van der Waals surface area contributed by atoms with Gasteiger partial charge in [-0.2, -0.15) is 0 Å². The Balaban J connectivity index is 2.26. The van der Waals surface area contributed by atoms with E-state index in [2.05, 4.69) is 13.8 Å². The molecule has 0 aromatic carbocycles. The van der Waals surface area contributed by atoms with Crippen molar-refractivity contribution in [3.8, 4) is 0 Å². The molecule has 6 heteroatoms. The Bertz CT molecular complexity index is 603. The van der Waals surface area contributed by atoms with E-state index in [4.69, 9.17) is 4.74 Å². The molecule has 1 aliphatic rings. The van der Waals surface area contributed by atoms with Crippen LogP contribution in [-0.4, -0.2) is 63.8 Å². The van der Waals surface area contributed by atoms with Gasteiger partial charge in [0.1, 0.15) is 18.4 Å². The van der Waals surface area contributed by atoms with Crippen LogP contribution in [0.15, 0.2) is 0 Å². The first-order chi connectivity index (χ1) is 20.5. The van der Waals surface area contributed by atoms with Gasteiger partial charge in [0.15, 0.2) is 0 Å². The summed E-state index contributed by atoms with van der Waals surface area (Å²) in [6, 6.07) is 0. The fraction of sp³-hybridized carbons (Fsp3) is 0.972. The highest BCUT2D eigenvalue weighted by atomic mass is 16.5. The number of unbranched alkanes of at least 4 members (excludes halogenated alkanes) is 23. The van der Waals surface area contributed by atoms with Gasteiger partial charge in [-0.05, 0) is 12.8 Å². The van der Waals surface area contributed by atoms with E-state index in [9.17, 15) is 20.1 Å². The summed E-state index contributed by atoms with van der Waals surface area (Å²) in [7, 11) is 0. The number of aliphatic hydroxyl groups is 3. The highest BCUT2D eigenvalue weighted by Gasteiger charge is 2.39. The van der Waals surface area contributed by atoms with Gasteiger partial charge in [0.05, 0.1) is 12.7 Å². The normalized spacial score (nSPS) is 20.7. The van der Waals surface area contributed by atoms with Crippen molar-refractivity contribution < 1.29 is 24.9 Å². The average molecular weight is 598 g/mol. The summed E-state index contributed by atoms with van der Waals surface area (Å²) in [5.74, 6) is 0.0733. The molecule has 42 heavy (non-hydrogen) atoms.